The molecular weight excluding hydrogens is 236 g/mol. The summed E-state index contributed by atoms with van der Waals surface area (Å²) in [6, 6.07) is 16.5. The third-order valence-electron chi connectivity index (χ3n) is 2.41. The molecule has 0 radical (unpaired) electrons. The number of hydrogen-bond donors (Lipinski definition) is 1. The normalized spacial score (nSPS) is 12.1. The lowest BCUT2D eigenvalue weighted by atomic mass is 10.1. The van der Waals surface area contributed by atoms with Gasteiger partial charge in [0.2, 0.25) is 0 Å². The number of aliphatic hydroxyl groups excluding tert-OH is 1. The van der Waals surface area contributed by atoms with Crippen molar-refractivity contribution in [2.45, 2.75) is 6.10 Å². The van der Waals surface area contributed by atoms with E-state index in [1.165, 1.54) is 0 Å². The van der Waals surface area contributed by atoms with E-state index in [4.69, 9.17) is 16.3 Å². The van der Waals surface area contributed by atoms with Gasteiger partial charge in [0.15, 0.2) is 0 Å². The van der Waals surface area contributed by atoms with Crippen LogP contribution in [0.3, 0.4) is 0 Å². The lowest BCUT2D eigenvalue weighted by Crippen LogP contribution is -2.09. The Hall–Kier alpha value is -1.51. The summed E-state index contributed by atoms with van der Waals surface area (Å²) in [5, 5.41) is 10.6. The summed E-state index contributed by atoms with van der Waals surface area (Å²) in [6.07, 6.45) is -0.646. The SMILES string of the molecule is O[C@H](COc1ccccc1)c1ccc(Cl)cc1. The highest BCUT2D eigenvalue weighted by Gasteiger charge is 2.07. The van der Waals surface area contributed by atoms with E-state index in [2.05, 4.69) is 0 Å². The molecule has 1 atom stereocenters. The predicted octanol–water partition coefficient (Wildman–Crippen LogP) is 3.45. The summed E-state index contributed by atoms with van der Waals surface area (Å²) in [5.74, 6) is 0.750. The Morgan fingerprint density at radius 3 is 2.29 bits per heavy atom. The minimum absolute atomic E-state index is 0.228. The van der Waals surface area contributed by atoms with Gasteiger partial charge in [-0.2, -0.15) is 0 Å². The smallest absolute Gasteiger partial charge is 0.119 e. The van der Waals surface area contributed by atoms with Gasteiger partial charge in [-0.25, -0.2) is 0 Å². The average molecular weight is 249 g/mol. The molecule has 0 saturated heterocycles. The molecule has 17 heavy (non-hydrogen) atoms. The van der Waals surface area contributed by atoms with Crippen LogP contribution in [0.15, 0.2) is 54.6 Å². The van der Waals surface area contributed by atoms with Crippen molar-refractivity contribution in [2.75, 3.05) is 6.61 Å². The van der Waals surface area contributed by atoms with Crippen molar-refractivity contribution < 1.29 is 9.84 Å². The van der Waals surface area contributed by atoms with Crippen molar-refractivity contribution in [3.8, 4) is 5.75 Å². The summed E-state index contributed by atoms with van der Waals surface area (Å²) < 4.78 is 5.47. The van der Waals surface area contributed by atoms with E-state index in [1.807, 2.05) is 30.3 Å². The molecule has 0 aromatic heterocycles. The molecule has 2 aromatic carbocycles. The molecule has 0 heterocycles. The van der Waals surface area contributed by atoms with Crippen molar-refractivity contribution >= 4 is 11.6 Å². The molecule has 2 nitrogen and oxygen atoms in total. The first-order valence-electron chi connectivity index (χ1n) is 5.37. The Morgan fingerprint density at radius 2 is 1.65 bits per heavy atom. The topological polar surface area (TPSA) is 29.5 Å². The highest BCUT2D eigenvalue weighted by atomic mass is 35.5. The zero-order valence-corrected chi connectivity index (χ0v) is 9.97. The predicted molar refractivity (Wildman–Crippen MR) is 68.3 cm³/mol. The van der Waals surface area contributed by atoms with E-state index in [9.17, 15) is 5.11 Å². The van der Waals surface area contributed by atoms with E-state index >= 15 is 0 Å². The van der Waals surface area contributed by atoms with E-state index in [0.29, 0.717) is 5.02 Å². The molecule has 0 unspecified atom stereocenters. The Balaban J connectivity index is 1.93. The van der Waals surface area contributed by atoms with Crippen molar-refractivity contribution in [2.24, 2.45) is 0 Å². The standard InChI is InChI=1S/C14H13ClO2/c15-12-8-6-11(7-9-12)14(16)10-17-13-4-2-1-3-5-13/h1-9,14,16H,10H2/t14-/m1/s1. The van der Waals surface area contributed by atoms with Crippen LogP contribution in [0.5, 0.6) is 5.75 Å². The Morgan fingerprint density at radius 1 is 1.00 bits per heavy atom. The van der Waals surface area contributed by atoms with Crippen molar-refractivity contribution in [1.29, 1.82) is 0 Å². The van der Waals surface area contributed by atoms with Crippen LogP contribution in [0.2, 0.25) is 5.02 Å². The van der Waals surface area contributed by atoms with E-state index < -0.39 is 6.10 Å². The monoisotopic (exact) mass is 248 g/mol. The van der Waals surface area contributed by atoms with Gasteiger partial charge in [0.25, 0.3) is 0 Å². The fraction of sp³-hybridized carbons (Fsp3) is 0.143. The zero-order chi connectivity index (χ0) is 12.1. The molecule has 0 saturated carbocycles. The van der Waals surface area contributed by atoms with E-state index in [-0.39, 0.29) is 6.61 Å². The van der Waals surface area contributed by atoms with Crippen molar-refractivity contribution in [1.82, 2.24) is 0 Å². The van der Waals surface area contributed by atoms with E-state index in [1.54, 1.807) is 24.3 Å². The molecule has 0 aliphatic carbocycles. The molecule has 2 rings (SSSR count). The molecule has 0 fully saturated rings. The summed E-state index contributed by atoms with van der Waals surface area (Å²) in [6.45, 7) is 0.228. The van der Waals surface area contributed by atoms with E-state index in [0.717, 1.165) is 11.3 Å². The number of para-hydroxylation sites is 1. The molecule has 88 valence electrons. The largest absolute Gasteiger partial charge is 0.491 e. The average Bonchev–Trinajstić information content (AvgIpc) is 2.38. The van der Waals surface area contributed by atoms with Crippen LogP contribution in [-0.2, 0) is 0 Å². The summed E-state index contributed by atoms with van der Waals surface area (Å²) in [4.78, 5) is 0. The zero-order valence-electron chi connectivity index (χ0n) is 9.21. The number of benzene rings is 2. The van der Waals surface area contributed by atoms with Gasteiger partial charge in [-0.15, -0.1) is 0 Å². The molecule has 0 bridgehead atoms. The highest BCUT2D eigenvalue weighted by Crippen LogP contribution is 2.18. The van der Waals surface area contributed by atoms with Gasteiger partial charge in [0.05, 0.1) is 0 Å². The lowest BCUT2D eigenvalue weighted by molar-refractivity contribution is 0.108. The number of halogens is 1. The van der Waals surface area contributed by atoms with Gasteiger partial charge >= 0.3 is 0 Å². The Bertz CT molecular complexity index is 453. The summed E-state index contributed by atoms with van der Waals surface area (Å²) >= 11 is 5.78. The second kappa shape index (κ2) is 5.71. The van der Waals surface area contributed by atoms with Crippen molar-refractivity contribution in [3.05, 3.63) is 65.2 Å². The first-order valence-corrected chi connectivity index (χ1v) is 5.75. The van der Waals surface area contributed by atoms with Crippen LogP contribution in [0.1, 0.15) is 11.7 Å². The van der Waals surface area contributed by atoms with Gasteiger partial charge in [0, 0.05) is 5.02 Å². The lowest BCUT2D eigenvalue weighted by Gasteiger charge is -2.12. The summed E-state index contributed by atoms with van der Waals surface area (Å²) in [5.41, 5.74) is 0.797. The maximum absolute atomic E-state index is 9.90. The van der Waals surface area contributed by atoms with Crippen LogP contribution in [-0.4, -0.2) is 11.7 Å². The second-order valence-corrected chi connectivity index (χ2v) is 4.13. The molecule has 1 N–H and O–H groups in total. The first-order chi connectivity index (χ1) is 8.25. The van der Waals surface area contributed by atoms with Crippen LogP contribution < -0.4 is 4.74 Å². The molecule has 0 aliphatic rings. The molecule has 2 aromatic rings. The maximum Gasteiger partial charge on any atom is 0.119 e. The highest BCUT2D eigenvalue weighted by molar-refractivity contribution is 6.30. The number of rotatable bonds is 4. The fourth-order valence-electron chi connectivity index (χ4n) is 1.47. The first kappa shape index (κ1) is 12.0. The number of hydrogen-bond acceptors (Lipinski definition) is 2. The minimum Gasteiger partial charge on any atom is -0.491 e. The third kappa shape index (κ3) is 3.48. The van der Waals surface area contributed by atoms with Gasteiger partial charge in [-0.3, -0.25) is 0 Å². The Kier molecular flexibility index (Phi) is 4.02. The van der Waals surface area contributed by atoms with Crippen LogP contribution >= 0.6 is 11.6 Å². The third-order valence-corrected chi connectivity index (χ3v) is 2.66. The molecule has 0 amide bonds. The maximum atomic E-state index is 9.90. The molecule has 3 heteroatoms. The van der Waals surface area contributed by atoms with Crippen molar-refractivity contribution in [3.63, 3.8) is 0 Å². The minimum atomic E-state index is -0.646. The summed E-state index contributed by atoms with van der Waals surface area (Å²) in [7, 11) is 0. The molecule has 0 aliphatic heterocycles. The number of aliphatic hydroxyl groups is 1. The second-order valence-electron chi connectivity index (χ2n) is 3.69. The molecule has 0 spiro atoms. The Labute approximate surface area is 105 Å². The fourth-order valence-corrected chi connectivity index (χ4v) is 1.60. The van der Waals surface area contributed by atoms with Gasteiger partial charge in [-0.05, 0) is 29.8 Å². The van der Waals surface area contributed by atoms with Crippen LogP contribution in [0, 0.1) is 0 Å². The van der Waals surface area contributed by atoms with Gasteiger partial charge in [-0.1, -0.05) is 41.9 Å². The van der Waals surface area contributed by atoms with Crippen LogP contribution in [0.25, 0.3) is 0 Å². The quantitative estimate of drug-likeness (QED) is 0.898. The molecular formula is C14H13ClO2. The van der Waals surface area contributed by atoms with Gasteiger partial charge < -0.3 is 9.84 Å². The van der Waals surface area contributed by atoms with Crippen LogP contribution in [0.4, 0.5) is 0 Å². The van der Waals surface area contributed by atoms with Gasteiger partial charge in [0.1, 0.15) is 18.5 Å². The number of ether oxygens (including phenoxy) is 1.